The number of pyridine rings is 1. The van der Waals surface area contributed by atoms with Gasteiger partial charge in [0.2, 0.25) is 11.5 Å². The topological polar surface area (TPSA) is 81.6 Å². The number of aromatic nitrogens is 3. The van der Waals surface area contributed by atoms with Gasteiger partial charge in [0.15, 0.2) is 0 Å². The van der Waals surface area contributed by atoms with Crippen LogP contribution in [0.2, 0.25) is 0 Å². The first kappa shape index (κ1) is 23.3. The van der Waals surface area contributed by atoms with Crippen LogP contribution in [0.25, 0.3) is 10.9 Å². The average molecular weight is 492 g/mol. The van der Waals surface area contributed by atoms with E-state index in [2.05, 4.69) is 25.2 Å². The lowest BCUT2D eigenvalue weighted by Gasteiger charge is -2.26. The van der Waals surface area contributed by atoms with Crippen molar-refractivity contribution in [1.29, 1.82) is 0 Å². The zero-order valence-corrected chi connectivity index (χ0v) is 19.9. The molecule has 4 aromatic rings. The fourth-order valence-corrected chi connectivity index (χ4v) is 3.99. The Morgan fingerprint density at radius 1 is 1.00 bits per heavy atom. The molecular weight excluding hydrogens is 466 g/mol. The monoisotopic (exact) mass is 491 g/mol. The summed E-state index contributed by atoms with van der Waals surface area (Å²) in [6.45, 7) is 4.93. The third-order valence-electron chi connectivity index (χ3n) is 5.62. The highest BCUT2D eigenvalue weighted by Gasteiger charge is 2.12. The molecule has 1 fully saturated rings. The third-order valence-corrected chi connectivity index (χ3v) is 5.94. The van der Waals surface area contributed by atoms with Crippen molar-refractivity contribution in [3.63, 3.8) is 0 Å². The van der Waals surface area contributed by atoms with Crippen molar-refractivity contribution in [1.82, 2.24) is 19.9 Å². The first-order chi connectivity index (χ1) is 17.2. The highest BCUT2D eigenvalue weighted by Crippen LogP contribution is 2.27. The second-order valence-corrected chi connectivity index (χ2v) is 8.42. The summed E-state index contributed by atoms with van der Waals surface area (Å²) in [5, 5.41) is 4.11. The number of benzene rings is 2. The van der Waals surface area contributed by atoms with Crippen molar-refractivity contribution in [2.45, 2.75) is 5.56 Å². The molecule has 5 rings (SSSR count). The maximum absolute atomic E-state index is 6.31. The minimum Gasteiger partial charge on any atom is -0.491 e. The van der Waals surface area contributed by atoms with Gasteiger partial charge in [-0.3, -0.25) is 9.88 Å². The molecule has 0 spiro atoms. The molecule has 0 amide bonds. The van der Waals surface area contributed by atoms with E-state index in [0.717, 1.165) is 55.2 Å². The van der Waals surface area contributed by atoms with Crippen LogP contribution in [0.15, 0.2) is 73.1 Å². The molecule has 1 N–H and O–H groups in total. The second kappa shape index (κ2) is 11.3. The fourth-order valence-electron chi connectivity index (χ4n) is 3.76. The quantitative estimate of drug-likeness (QED) is 0.334. The van der Waals surface area contributed by atoms with Gasteiger partial charge >= 0.3 is 0 Å². The fraction of sp³-hybridized carbons (Fsp3) is 0.269. The van der Waals surface area contributed by atoms with Gasteiger partial charge in [0.1, 0.15) is 18.1 Å². The van der Waals surface area contributed by atoms with Crippen molar-refractivity contribution < 1.29 is 14.2 Å². The van der Waals surface area contributed by atoms with Crippen LogP contribution in [0, 0.1) is 0 Å². The van der Waals surface area contributed by atoms with Gasteiger partial charge in [-0.1, -0.05) is 23.7 Å². The van der Waals surface area contributed by atoms with Crippen LogP contribution in [0.3, 0.4) is 0 Å². The van der Waals surface area contributed by atoms with E-state index in [9.17, 15) is 0 Å². The Kier molecular flexibility index (Phi) is 7.53. The maximum atomic E-state index is 6.31. The van der Waals surface area contributed by atoms with E-state index in [-0.39, 0.29) is 0 Å². The molecule has 9 heteroatoms. The molecule has 0 radical (unpaired) electrons. The summed E-state index contributed by atoms with van der Waals surface area (Å²) in [5.41, 5.74) is 1.64. The Bertz CT molecular complexity index is 1240. The van der Waals surface area contributed by atoms with E-state index >= 15 is 0 Å². The van der Waals surface area contributed by atoms with Crippen molar-refractivity contribution in [3.8, 4) is 11.5 Å². The Hall–Kier alpha value is -3.46. The van der Waals surface area contributed by atoms with Gasteiger partial charge in [0, 0.05) is 37.7 Å². The lowest BCUT2D eigenvalue weighted by Crippen LogP contribution is -2.38. The van der Waals surface area contributed by atoms with Crippen molar-refractivity contribution in [3.05, 3.63) is 78.8 Å². The minimum atomic E-state index is -0.663. The lowest BCUT2D eigenvalue weighted by molar-refractivity contribution is 0.0323. The van der Waals surface area contributed by atoms with Crippen LogP contribution in [0.4, 0.5) is 11.6 Å². The van der Waals surface area contributed by atoms with Gasteiger partial charge in [0.05, 0.1) is 29.8 Å². The van der Waals surface area contributed by atoms with Crippen LogP contribution >= 0.6 is 11.6 Å². The van der Waals surface area contributed by atoms with E-state index in [1.54, 1.807) is 12.4 Å². The minimum absolute atomic E-state index is 0.500. The third kappa shape index (κ3) is 6.16. The molecular formula is C26H26ClN5O3. The molecule has 0 saturated carbocycles. The molecule has 1 atom stereocenters. The van der Waals surface area contributed by atoms with Crippen molar-refractivity contribution >= 4 is 34.1 Å². The largest absolute Gasteiger partial charge is 0.491 e. The number of rotatable bonds is 9. The summed E-state index contributed by atoms with van der Waals surface area (Å²) >= 11 is 6.31. The van der Waals surface area contributed by atoms with E-state index in [1.807, 2.05) is 60.7 Å². The molecule has 1 saturated heterocycles. The van der Waals surface area contributed by atoms with Crippen LogP contribution in [-0.2, 0) is 4.74 Å². The predicted molar refractivity (Wildman–Crippen MR) is 135 cm³/mol. The van der Waals surface area contributed by atoms with Gasteiger partial charge in [-0.05, 0) is 48.5 Å². The standard InChI is InChI=1S/C26H26ClN5O3/c27-25(23-4-1-2-11-28-23)35-20-9-7-19(8-10-20)30-26-29-18-21-22(31-26)5-3-6-24(21)34-17-14-32-12-15-33-16-13-32/h1-11,18,25H,12-17H2,(H,29,30,31). The van der Waals surface area contributed by atoms with E-state index < -0.39 is 5.56 Å². The number of anilines is 2. The predicted octanol–water partition coefficient (Wildman–Crippen LogP) is 4.80. The van der Waals surface area contributed by atoms with Gasteiger partial charge in [-0.15, -0.1) is 0 Å². The summed E-state index contributed by atoms with van der Waals surface area (Å²) in [5.74, 6) is 1.92. The van der Waals surface area contributed by atoms with Gasteiger partial charge in [0.25, 0.3) is 0 Å². The molecule has 1 unspecified atom stereocenters. The Morgan fingerprint density at radius 3 is 2.66 bits per heavy atom. The number of fused-ring (bicyclic) bond motifs is 1. The molecule has 8 nitrogen and oxygen atoms in total. The summed E-state index contributed by atoms with van der Waals surface area (Å²) in [4.78, 5) is 15.7. The lowest BCUT2D eigenvalue weighted by atomic mass is 10.2. The SMILES string of the molecule is ClC(Oc1ccc(Nc2ncc3c(OCCN4CCOCC4)cccc3n2)cc1)c1ccccn1. The van der Waals surface area contributed by atoms with Gasteiger partial charge in [-0.25, -0.2) is 9.97 Å². The first-order valence-electron chi connectivity index (χ1n) is 11.5. The average Bonchev–Trinajstić information content (AvgIpc) is 2.91. The summed E-state index contributed by atoms with van der Waals surface area (Å²) in [6.07, 6.45) is 3.47. The smallest absolute Gasteiger partial charge is 0.227 e. The summed E-state index contributed by atoms with van der Waals surface area (Å²) in [6, 6.07) is 18.8. The maximum Gasteiger partial charge on any atom is 0.227 e. The van der Waals surface area contributed by atoms with Gasteiger partial charge in [-0.2, -0.15) is 0 Å². The Balaban J connectivity index is 1.20. The Labute approximate surface area is 208 Å². The van der Waals surface area contributed by atoms with Crippen LogP contribution < -0.4 is 14.8 Å². The van der Waals surface area contributed by atoms with Crippen molar-refractivity contribution in [2.75, 3.05) is 44.8 Å². The van der Waals surface area contributed by atoms with Crippen LogP contribution in [-0.4, -0.2) is 59.3 Å². The molecule has 1 aliphatic rings. The molecule has 2 aromatic heterocycles. The van der Waals surface area contributed by atoms with E-state index in [4.69, 9.17) is 25.8 Å². The molecule has 2 aromatic carbocycles. The number of morpholine rings is 1. The number of halogens is 1. The summed E-state index contributed by atoms with van der Waals surface area (Å²) in [7, 11) is 0. The first-order valence-corrected chi connectivity index (χ1v) is 12.0. The Morgan fingerprint density at radius 2 is 1.86 bits per heavy atom. The number of hydrogen-bond acceptors (Lipinski definition) is 8. The molecule has 0 bridgehead atoms. The number of nitrogens with zero attached hydrogens (tertiary/aromatic N) is 4. The van der Waals surface area contributed by atoms with E-state index in [1.165, 1.54) is 0 Å². The van der Waals surface area contributed by atoms with Crippen LogP contribution in [0.1, 0.15) is 11.3 Å². The number of nitrogens with one attached hydrogen (secondary N) is 1. The number of alkyl halides is 1. The highest BCUT2D eigenvalue weighted by atomic mass is 35.5. The molecule has 0 aliphatic carbocycles. The van der Waals surface area contributed by atoms with Crippen molar-refractivity contribution in [2.24, 2.45) is 0 Å². The van der Waals surface area contributed by atoms with Crippen LogP contribution in [0.5, 0.6) is 11.5 Å². The second-order valence-electron chi connectivity index (χ2n) is 8.02. The number of ether oxygens (including phenoxy) is 3. The molecule has 1 aliphatic heterocycles. The normalized spacial score (nSPS) is 15.0. The molecule has 3 heterocycles. The number of hydrogen-bond donors (Lipinski definition) is 1. The van der Waals surface area contributed by atoms with Gasteiger partial charge < -0.3 is 19.5 Å². The zero-order valence-electron chi connectivity index (χ0n) is 19.1. The van der Waals surface area contributed by atoms with E-state index in [0.29, 0.717) is 24.0 Å². The summed E-state index contributed by atoms with van der Waals surface area (Å²) < 4.78 is 17.2. The molecule has 35 heavy (non-hydrogen) atoms. The molecule has 180 valence electrons. The highest BCUT2D eigenvalue weighted by molar-refractivity contribution is 6.19. The zero-order chi connectivity index (χ0) is 23.9.